The number of nitrogens with one attached hydrogen (secondary N) is 1. The van der Waals surface area contributed by atoms with Crippen molar-refractivity contribution in [3.05, 3.63) is 35.4 Å². The second-order valence-electron chi connectivity index (χ2n) is 6.06. The molecular formula is C16H19NO5. The van der Waals surface area contributed by atoms with Crippen LogP contribution >= 0.6 is 0 Å². The molecule has 1 heterocycles. The standard InChI is InChI=1S/C16H19NO5/c1-16(2,3)22-14(19)11-6-4-10(5-7-11)13(18)17-12-8-9-21-15(12)20/h4-7,12H,8-9H2,1-3H3,(H,17,18). The van der Waals surface area contributed by atoms with Crippen LogP contribution < -0.4 is 5.32 Å². The smallest absolute Gasteiger partial charge is 0.338 e. The predicted octanol–water partition coefficient (Wildman–Crippen LogP) is 1.69. The quantitative estimate of drug-likeness (QED) is 0.859. The van der Waals surface area contributed by atoms with Crippen LogP contribution in [0.2, 0.25) is 0 Å². The summed E-state index contributed by atoms with van der Waals surface area (Å²) in [7, 11) is 0. The Labute approximate surface area is 128 Å². The number of cyclic esters (lactones) is 1. The Kier molecular flexibility index (Phi) is 4.49. The molecule has 1 aliphatic rings. The molecule has 6 heteroatoms. The first-order valence-corrected chi connectivity index (χ1v) is 7.07. The fourth-order valence-electron chi connectivity index (χ4n) is 1.96. The molecule has 6 nitrogen and oxygen atoms in total. The number of hydrogen-bond acceptors (Lipinski definition) is 5. The third-order valence-corrected chi connectivity index (χ3v) is 3.02. The first-order chi connectivity index (χ1) is 10.3. The number of carbonyl (C=O) groups excluding carboxylic acids is 3. The summed E-state index contributed by atoms with van der Waals surface area (Å²) >= 11 is 0. The SMILES string of the molecule is CC(C)(C)OC(=O)c1ccc(C(=O)NC2CCOC2=O)cc1. The topological polar surface area (TPSA) is 81.7 Å². The Morgan fingerprint density at radius 1 is 1.18 bits per heavy atom. The average molecular weight is 305 g/mol. The van der Waals surface area contributed by atoms with Gasteiger partial charge in [0.1, 0.15) is 11.6 Å². The van der Waals surface area contributed by atoms with Gasteiger partial charge in [-0.15, -0.1) is 0 Å². The molecule has 118 valence electrons. The van der Waals surface area contributed by atoms with Crippen LogP contribution in [0.1, 0.15) is 47.9 Å². The number of hydrogen-bond donors (Lipinski definition) is 1. The van der Waals surface area contributed by atoms with E-state index in [1.165, 1.54) is 24.3 Å². The van der Waals surface area contributed by atoms with Crippen LogP contribution in [-0.4, -0.2) is 36.1 Å². The lowest BCUT2D eigenvalue weighted by molar-refractivity contribution is -0.139. The average Bonchev–Trinajstić information content (AvgIpc) is 2.82. The normalized spacial score (nSPS) is 17.8. The van der Waals surface area contributed by atoms with Gasteiger partial charge in [-0.1, -0.05) is 0 Å². The minimum Gasteiger partial charge on any atom is -0.464 e. The molecule has 2 rings (SSSR count). The zero-order valence-corrected chi connectivity index (χ0v) is 12.8. The summed E-state index contributed by atoms with van der Waals surface area (Å²) in [6, 6.07) is 5.49. The van der Waals surface area contributed by atoms with Gasteiger partial charge in [0, 0.05) is 12.0 Å². The summed E-state index contributed by atoms with van der Waals surface area (Å²) in [5, 5.41) is 2.60. The van der Waals surface area contributed by atoms with E-state index in [2.05, 4.69) is 5.32 Å². The molecule has 1 unspecified atom stereocenters. The number of benzene rings is 1. The summed E-state index contributed by atoms with van der Waals surface area (Å²) in [6.45, 7) is 5.68. The number of esters is 2. The fraction of sp³-hybridized carbons (Fsp3) is 0.438. The van der Waals surface area contributed by atoms with E-state index in [1.807, 2.05) is 0 Å². The minimum absolute atomic E-state index is 0.321. The zero-order valence-electron chi connectivity index (χ0n) is 12.8. The van der Waals surface area contributed by atoms with E-state index in [9.17, 15) is 14.4 Å². The molecule has 1 N–H and O–H groups in total. The highest BCUT2D eigenvalue weighted by Crippen LogP contribution is 2.13. The molecule has 22 heavy (non-hydrogen) atoms. The number of ether oxygens (including phenoxy) is 2. The summed E-state index contributed by atoms with van der Waals surface area (Å²) in [6.07, 6.45) is 0.473. The fourth-order valence-corrected chi connectivity index (χ4v) is 1.96. The molecule has 1 fully saturated rings. The first-order valence-electron chi connectivity index (χ1n) is 7.07. The van der Waals surface area contributed by atoms with E-state index in [4.69, 9.17) is 9.47 Å². The largest absolute Gasteiger partial charge is 0.464 e. The van der Waals surface area contributed by atoms with Crippen LogP contribution in [0.4, 0.5) is 0 Å². The van der Waals surface area contributed by atoms with Crippen molar-refractivity contribution in [3.8, 4) is 0 Å². The van der Waals surface area contributed by atoms with Crippen LogP contribution in [0.5, 0.6) is 0 Å². The summed E-state index contributed by atoms with van der Waals surface area (Å²) < 4.78 is 10.0. The molecule has 0 radical (unpaired) electrons. The molecule has 1 saturated heterocycles. The molecule has 0 bridgehead atoms. The summed E-state index contributed by atoms with van der Waals surface area (Å²) in [4.78, 5) is 35.2. The van der Waals surface area contributed by atoms with E-state index in [0.717, 1.165) is 0 Å². The number of amides is 1. The van der Waals surface area contributed by atoms with Gasteiger partial charge in [0.25, 0.3) is 5.91 Å². The van der Waals surface area contributed by atoms with Crippen molar-refractivity contribution in [3.63, 3.8) is 0 Å². The molecular weight excluding hydrogens is 286 g/mol. The maximum Gasteiger partial charge on any atom is 0.338 e. The summed E-state index contributed by atoms with van der Waals surface area (Å²) in [5.74, 6) is -1.24. The van der Waals surface area contributed by atoms with Crippen molar-refractivity contribution in [1.82, 2.24) is 5.32 Å². The van der Waals surface area contributed by atoms with Gasteiger partial charge in [-0.25, -0.2) is 9.59 Å². The molecule has 1 aromatic rings. The highest BCUT2D eigenvalue weighted by atomic mass is 16.6. The van der Waals surface area contributed by atoms with Crippen molar-refractivity contribution in [2.45, 2.75) is 38.8 Å². The van der Waals surface area contributed by atoms with E-state index >= 15 is 0 Å². The van der Waals surface area contributed by atoms with Crippen LogP contribution in [0, 0.1) is 0 Å². The number of rotatable bonds is 3. The van der Waals surface area contributed by atoms with Gasteiger partial charge in [-0.3, -0.25) is 4.79 Å². The Morgan fingerprint density at radius 2 is 1.77 bits per heavy atom. The van der Waals surface area contributed by atoms with Crippen LogP contribution in [0.25, 0.3) is 0 Å². The molecule has 1 aromatic carbocycles. The van der Waals surface area contributed by atoms with Gasteiger partial charge >= 0.3 is 11.9 Å². The maximum absolute atomic E-state index is 12.0. The molecule has 0 spiro atoms. The van der Waals surface area contributed by atoms with E-state index in [-0.39, 0.29) is 5.91 Å². The Hall–Kier alpha value is -2.37. The van der Waals surface area contributed by atoms with Gasteiger partial charge in [-0.05, 0) is 45.0 Å². The second-order valence-corrected chi connectivity index (χ2v) is 6.06. The third-order valence-electron chi connectivity index (χ3n) is 3.02. The molecule has 0 aromatic heterocycles. The predicted molar refractivity (Wildman–Crippen MR) is 78.4 cm³/mol. The van der Waals surface area contributed by atoms with Gasteiger partial charge in [0.2, 0.25) is 0 Å². The van der Waals surface area contributed by atoms with Crippen LogP contribution in [-0.2, 0) is 14.3 Å². The highest BCUT2D eigenvalue weighted by molar-refractivity contribution is 5.98. The monoisotopic (exact) mass is 305 g/mol. The van der Waals surface area contributed by atoms with Crippen molar-refractivity contribution in [2.75, 3.05) is 6.61 Å². The van der Waals surface area contributed by atoms with Gasteiger partial charge in [-0.2, -0.15) is 0 Å². The van der Waals surface area contributed by atoms with Crippen molar-refractivity contribution in [2.24, 2.45) is 0 Å². The Morgan fingerprint density at radius 3 is 2.27 bits per heavy atom. The lowest BCUT2D eigenvalue weighted by Gasteiger charge is -2.19. The van der Waals surface area contributed by atoms with Crippen molar-refractivity contribution >= 4 is 17.8 Å². The Bertz CT molecular complexity index is 586. The molecule has 1 aliphatic heterocycles. The highest BCUT2D eigenvalue weighted by Gasteiger charge is 2.28. The molecule has 1 amide bonds. The lowest BCUT2D eigenvalue weighted by Crippen LogP contribution is -2.37. The second kappa shape index (κ2) is 6.17. The lowest BCUT2D eigenvalue weighted by atomic mass is 10.1. The van der Waals surface area contributed by atoms with Gasteiger partial charge in [0.15, 0.2) is 0 Å². The Balaban J connectivity index is 2.00. The number of carbonyl (C=O) groups is 3. The van der Waals surface area contributed by atoms with E-state index in [0.29, 0.717) is 24.2 Å². The van der Waals surface area contributed by atoms with Crippen LogP contribution in [0.3, 0.4) is 0 Å². The van der Waals surface area contributed by atoms with E-state index in [1.54, 1.807) is 20.8 Å². The van der Waals surface area contributed by atoms with Crippen LogP contribution in [0.15, 0.2) is 24.3 Å². The minimum atomic E-state index is -0.599. The summed E-state index contributed by atoms with van der Waals surface area (Å²) in [5.41, 5.74) is 0.162. The third kappa shape index (κ3) is 4.07. The zero-order chi connectivity index (χ0) is 16.3. The van der Waals surface area contributed by atoms with Gasteiger partial charge in [0.05, 0.1) is 12.2 Å². The van der Waals surface area contributed by atoms with Crippen molar-refractivity contribution in [1.29, 1.82) is 0 Å². The van der Waals surface area contributed by atoms with E-state index < -0.39 is 23.6 Å². The maximum atomic E-state index is 12.0. The molecule has 1 atom stereocenters. The van der Waals surface area contributed by atoms with Gasteiger partial charge < -0.3 is 14.8 Å². The molecule has 0 saturated carbocycles. The van der Waals surface area contributed by atoms with Crippen molar-refractivity contribution < 1.29 is 23.9 Å². The molecule has 0 aliphatic carbocycles. The first kappa shape index (κ1) is 16.0.